The SMILES string of the molecule is Cc1cc(C)cc(NS(=O)(=O)c2ccc3c(c2)NC(=O)[C@@H](C(=O)N2CCCCCC2)S3)c1. The topological polar surface area (TPSA) is 95.6 Å². The lowest BCUT2D eigenvalue weighted by atomic mass is 10.1. The molecule has 2 aromatic carbocycles. The number of hydrogen-bond acceptors (Lipinski definition) is 5. The highest BCUT2D eigenvalue weighted by atomic mass is 32.2. The van der Waals surface area contributed by atoms with Crippen molar-refractivity contribution in [1.82, 2.24) is 4.90 Å². The van der Waals surface area contributed by atoms with Gasteiger partial charge in [0.15, 0.2) is 5.25 Å². The van der Waals surface area contributed by atoms with Gasteiger partial charge in [-0.15, -0.1) is 11.8 Å². The molecule has 0 unspecified atom stereocenters. The second kappa shape index (κ2) is 9.15. The Morgan fingerprint density at radius 3 is 2.34 bits per heavy atom. The van der Waals surface area contributed by atoms with Crippen LogP contribution < -0.4 is 10.0 Å². The monoisotopic (exact) mass is 473 g/mol. The van der Waals surface area contributed by atoms with E-state index < -0.39 is 21.2 Å². The van der Waals surface area contributed by atoms with Gasteiger partial charge in [-0.3, -0.25) is 14.3 Å². The predicted octanol–water partition coefficient (Wildman–Crippen LogP) is 3.92. The molecule has 2 aromatic rings. The molecule has 0 radical (unpaired) electrons. The minimum atomic E-state index is -3.83. The number of sulfonamides is 1. The second-order valence-electron chi connectivity index (χ2n) is 8.37. The highest BCUT2D eigenvalue weighted by Gasteiger charge is 2.36. The molecule has 2 amide bonds. The average Bonchev–Trinajstić information content (AvgIpc) is 3.01. The minimum absolute atomic E-state index is 0.0496. The van der Waals surface area contributed by atoms with Gasteiger partial charge in [0, 0.05) is 23.7 Å². The van der Waals surface area contributed by atoms with Crippen molar-refractivity contribution in [2.45, 2.75) is 54.6 Å². The number of nitrogens with zero attached hydrogens (tertiary/aromatic N) is 1. The molecule has 9 heteroatoms. The molecule has 2 N–H and O–H groups in total. The van der Waals surface area contributed by atoms with E-state index >= 15 is 0 Å². The molecule has 2 aliphatic rings. The van der Waals surface area contributed by atoms with Crippen molar-refractivity contribution in [1.29, 1.82) is 0 Å². The zero-order valence-electron chi connectivity index (χ0n) is 18.2. The molecule has 1 saturated heterocycles. The van der Waals surface area contributed by atoms with Gasteiger partial charge in [0.05, 0.1) is 10.6 Å². The summed E-state index contributed by atoms with van der Waals surface area (Å²) in [6.07, 6.45) is 4.11. The number of carbonyl (C=O) groups is 2. The van der Waals surface area contributed by atoms with Crippen molar-refractivity contribution in [3.63, 3.8) is 0 Å². The molecule has 1 fully saturated rings. The Bertz CT molecular complexity index is 1140. The summed E-state index contributed by atoms with van der Waals surface area (Å²) in [5.41, 5.74) is 2.80. The van der Waals surface area contributed by atoms with Crippen molar-refractivity contribution in [3.8, 4) is 0 Å². The lowest BCUT2D eigenvalue weighted by Gasteiger charge is -2.28. The number of likely N-dealkylation sites (tertiary alicyclic amines) is 1. The Balaban J connectivity index is 1.53. The Morgan fingerprint density at radius 1 is 1.03 bits per heavy atom. The number of thioether (sulfide) groups is 1. The lowest BCUT2D eigenvalue weighted by Crippen LogP contribution is -2.45. The zero-order valence-corrected chi connectivity index (χ0v) is 19.8. The molecule has 2 heterocycles. The van der Waals surface area contributed by atoms with E-state index in [1.54, 1.807) is 23.1 Å². The highest BCUT2D eigenvalue weighted by Crippen LogP contribution is 2.38. The van der Waals surface area contributed by atoms with Crippen LogP contribution >= 0.6 is 11.8 Å². The van der Waals surface area contributed by atoms with E-state index in [4.69, 9.17) is 0 Å². The molecule has 0 bridgehead atoms. The Labute approximate surface area is 193 Å². The number of rotatable bonds is 4. The van der Waals surface area contributed by atoms with Crippen LogP contribution in [-0.2, 0) is 19.6 Å². The summed E-state index contributed by atoms with van der Waals surface area (Å²) in [6, 6.07) is 10.1. The van der Waals surface area contributed by atoms with Crippen LogP contribution in [0.1, 0.15) is 36.8 Å². The Hall–Kier alpha value is -2.52. The third-order valence-corrected chi connectivity index (χ3v) is 8.26. The molecule has 0 spiro atoms. The summed E-state index contributed by atoms with van der Waals surface area (Å²) in [6.45, 7) is 5.16. The number of amides is 2. The van der Waals surface area contributed by atoms with E-state index in [-0.39, 0.29) is 10.8 Å². The van der Waals surface area contributed by atoms with Crippen LogP contribution in [0.4, 0.5) is 11.4 Å². The molecule has 0 aromatic heterocycles. The molecular formula is C23H27N3O4S2. The molecule has 4 rings (SSSR count). The van der Waals surface area contributed by atoms with Crippen LogP contribution in [-0.4, -0.2) is 43.5 Å². The molecule has 170 valence electrons. The highest BCUT2D eigenvalue weighted by molar-refractivity contribution is 8.01. The number of benzene rings is 2. The van der Waals surface area contributed by atoms with E-state index in [1.807, 2.05) is 19.9 Å². The fraction of sp³-hybridized carbons (Fsp3) is 0.391. The van der Waals surface area contributed by atoms with Crippen molar-refractivity contribution >= 4 is 45.0 Å². The lowest BCUT2D eigenvalue weighted by molar-refractivity contribution is -0.133. The van der Waals surface area contributed by atoms with Crippen LogP contribution in [0.3, 0.4) is 0 Å². The number of nitrogens with one attached hydrogen (secondary N) is 2. The fourth-order valence-electron chi connectivity index (χ4n) is 4.12. The summed E-state index contributed by atoms with van der Waals surface area (Å²) < 4.78 is 28.4. The standard InChI is InChI=1S/C23H27N3O4S2/c1-15-11-16(2)13-17(12-15)25-32(29,30)18-7-8-20-19(14-18)24-22(27)21(31-20)23(28)26-9-5-3-4-6-10-26/h7-8,11-14,21,25H,3-6,9-10H2,1-2H3,(H,24,27)/t21-/m0/s1. The molecule has 1 atom stereocenters. The first-order valence-electron chi connectivity index (χ1n) is 10.7. The van der Waals surface area contributed by atoms with Gasteiger partial charge in [-0.05, 0) is 68.1 Å². The molecule has 7 nitrogen and oxygen atoms in total. The largest absolute Gasteiger partial charge is 0.341 e. The molecule has 2 aliphatic heterocycles. The van der Waals surface area contributed by atoms with Gasteiger partial charge in [0.25, 0.3) is 10.0 Å². The average molecular weight is 474 g/mol. The van der Waals surface area contributed by atoms with Crippen LogP contribution in [0.25, 0.3) is 0 Å². The van der Waals surface area contributed by atoms with E-state index in [1.165, 1.54) is 23.9 Å². The summed E-state index contributed by atoms with van der Waals surface area (Å²) >= 11 is 1.18. The van der Waals surface area contributed by atoms with Crippen LogP contribution in [0.5, 0.6) is 0 Å². The summed E-state index contributed by atoms with van der Waals surface area (Å²) in [7, 11) is -3.83. The van der Waals surface area contributed by atoms with E-state index in [2.05, 4.69) is 10.0 Å². The van der Waals surface area contributed by atoms with Crippen molar-refractivity contribution in [3.05, 3.63) is 47.5 Å². The Kier molecular flexibility index (Phi) is 6.48. The van der Waals surface area contributed by atoms with Gasteiger partial charge >= 0.3 is 0 Å². The van der Waals surface area contributed by atoms with Crippen molar-refractivity contribution in [2.24, 2.45) is 0 Å². The van der Waals surface area contributed by atoms with Gasteiger partial charge in [0.1, 0.15) is 0 Å². The van der Waals surface area contributed by atoms with Gasteiger partial charge < -0.3 is 10.2 Å². The number of carbonyl (C=O) groups excluding carboxylic acids is 2. The quantitative estimate of drug-likeness (QED) is 0.656. The first kappa shape index (κ1) is 22.7. The minimum Gasteiger partial charge on any atom is -0.341 e. The first-order chi connectivity index (χ1) is 15.2. The first-order valence-corrected chi connectivity index (χ1v) is 13.1. The van der Waals surface area contributed by atoms with Crippen molar-refractivity contribution < 1.29 is 18.0 Å². The normalized spacial score (nSPS) is 19.0. The van der Waals surface area contributed by atoms with Crippen molar-refractivity contribution in [2.75, 3.05) is 23.1 Å². The van der Waals surface area contributed by atoms with Gasteiger partial charge in [-0.1, -0.05) is 18.9 Å². The van der Waals surface area contributed by atoms with Crippen LogP contribution in [0.15, 0.2) is 46.2 Å². The molecule has 0 saturated carbocycles. The maximum absolute atomic E-state index is 12.9. The van der Waals surface area contributed by atoms with Gasteiger partial charge in [-0.25, -0.2) is 8.42 Å². The Morgan fingerprint density at radius 2 is 1.69 bits per heavy atom. The van der Waals surface area contributed by atoms with Gasteiger partial charge in [0.2, 0.25) is 11.8 Å². The molecule has 32 heavy (non-hydrogen) atoms. The number of aryl methyl sites for hydroxylation is 2. The predicted molar refractivity (Wildman–Crippen MR) is 126 cm³/mol. The van der Waals surface area contributed by atoms with E-state index in [9.17, 15) is 18.0 Å². The number of anilines is 2. The smallest absolute Gasteiger partial charge is 0.261 e. The van der Waals surface area contributed by atoms with Crippen LogP contribution in [0.2, 0.25) is 0 Å². The fourth-order valence-corrected chi connectivity index (χ4v) is 6.24. The van der Waals surface area contributed by atoms with Crippen LogP contribution in [0, 0.1) is 13.8 Å². The zero-order chi connectivity index (χ0) is 22.9. The van der Waals surface area contributed by atoms with E-state index in [0.717, 1.165) is 36.8 Å². The number of hydrogen-bond donors (Lipinski definition) is 2. The summed E-state index contributed by atoms with van der Waals surface area (Å²) in [5.74, 6) is -0.582. The summed E-state index contributed by atoms with van der Waals surface area (Å²) in [4.78, 5) is 28.2. The third-order valence-electron chi connectivity index (χ3n) is 5.62. The molecule has 0 aliphatic carbocycles. The maximum atomic E-state index is 12.9. The number of fused-ring (bicyclic) bond motifs is 1. The second-order valence-corrected chi connectivity index (χ2v) is 11.2. The maximum Gasteiger partial charge on any atom is 0.261 e. The molecular weight excluding hydrogens is 446 g/mol. The third kappa shape index (κ3) is 4.94. The van der Waals surface area contributed by atoms with Gasteiger partial charge in [-0.2, -0.15) is 0 Å². The summed E-state index contributed by atoms with van der Waals surface area (Å²) in [5, 5.41) is 1.89. The van der Waals surface area contributed by atoms with E-state index in [0.29, 0.717) is 29.4 Å².